The zero-order valence-electron chi connectivity index (χ0n) is 9.44. The van der Waals surface area contributed by atoms with Crippen molar-refractivity contribution >= 4 is 25.8 Å². The van der Waals surface area contributed by atoms with Crippen LogP contribution < -0.4 is 0 Å². The summed E-state index contributed by atoms with van der Waals surface area (Å²) >= 11 is 3.09. The van der Waals surface area contributed by atoms with Crippen molar-refractivity contribution in [2.45, 2.75) is 23.6 Å². The van der Waals surface area contributed by atoms with Gasteiger partial charge in [-0.15, -0.1) is 0 Å². The lowest BCUT2D eigenvalue weighted by atomic mass is 10.0. The van der Waals surface area contributed by atoms with Crippen LogP contribution in [0.5, 0.6) is 0 Å². The van der Waals surface area contributed by atoms with Gasteiger partial charge < -0.3 is 5.11 Å². The molecule has 3 nitrogen and oxygen atoms in total. The maximum absolute atomic E-state index is 11.5. The lowest BCUT2D eigenvalue weighted by molar-refractivity contribution is 0.168. The molecule has 0 aliphatic rings. The van der Waals surface area contributed by atoms with Crippen LogP contribution in [0, 0.1) is 6.92 Å². The van der Waals surface area contributed by atoms with Crippen LogP contribution in [0.4, 0.5) is 0 Å². The average molecular weight is 307 g/mol. The van der Waals surface area contributed by atoms with Crippen molar-refractivity contribution in [1.29, 1.82) is 0 Å². The molecular weight excluding hydrogens is 292 g/mol. The molecule has 0 aromatic heterocycles. The second kappa shape index (κ2) is 4.47. The van der Waals surface area contributed by atoms with Gasteiger partial charge in [-0.3, -0.25) is 0 Å². The molecule has 0 unspecified atom stereocenters. The fourth-order valence-electron chi connectivity index (χ4n) is 1.34. The molecule has 0 radical (unpaired) electrons. The first kappa shape index (κ1) is 13.7. The number of alkyl halides is 1. The van der Waals surface area contributed by atoms with Crippen molar-refractivity contribution in [3.63, 3.8) is 0 Å². The Morgan fingerprint density at radius 1 is 1.44 bits per heavy atom. The first-order valence-corrected chi connectivity index (χ1v) is 7.48. The van der Waals surface area contributed by atoms with E-state index in [9.17, 15) is 13.5 Å². The van der Waals surface area contributed by atoms with Crippen LogP contribution in [0.15, 0.2) is 24.3 Å². The fourth-order valence-corrected chi connectivity index (χ4v) is 2.15. The summed E-state index contributed by atoms with van der Waals surface area (Å²) in [4.78, 5) is 0. The summed E-state index contributed by atoms with van der Waals surface area (Å²) in [6, 6.07) is 7.17. The maximum Gasteiger partial charge on any atom is 0.165 e. The van der Waals surface area contributed by atoms with E-state index in [1.165, 1.54) is 6.92 Å². The van der Waals surface area contributed by atoms with Gasteiger partial charge in [0.05, 0.1) is 0 Å². The zero-order chi connectivity index (χ0) is 12.6. The minimum Gasteiger partial charge on any atom is -0.386 e. The van der Waals surface area contributed by atoms with Crippen LogP contribution in [0.2, 0.25) is 0 Å². The monoisotopic (exact) mass is 306 g/mol. The zero-order valence-corrected chi connectivity index (χ0v) is 11.8. The Morgan fingerprint density at radius 2 is 2.00 bits per heavy atom. The van der Waals surface area contributed by atoms with Crippen molar-refractivity contribution in [3.05, 3.63) is 35.4 Å². The van der Waals surface area contributed by atoms with Gasteiger partial charge in [-0.25, -0.2) is 8.42 Å². The molecule has 0 aliphatic carbocycles. The number of halogens is 1. The summed E-state index contributed by atoms with van der Waals surface area (Å²) in [5, 5.41) is 10.1. The van der Waals surface area contributed by atoms with Crippen molar-refractivity contribution in [3.8, 4) is 0 Å². The van der Waals surface area contributed by atoms with Crippen LogP contribution in [-0.4, -0.2) is 23.4 Å². The number of hydrogen-bond acceptors (Lipinski definition) is 3. The average Bonchev–Trinajstić information content (AvgIpc) is 2.14. The summed E-state index contributed by atoms with van der Waals surface area (Å²) in [6.45, 7) is 3.34. The summed E-state index contributed by atoms with van der Waals surface area (Å²) in [5.74, 6) is 0. The van der Waals surface area contributed by atoms with E-state index in [1.54, 1.807) is 18.2 Å². The Bertz CT molecular complexity index is 480. The van der Waals surface area contributed by atoms with Crippen LogP contribution in [0.25, 0.3) is 0 Å². The molecule has 5 heteroatoms. The molecule has 0 spiro atoms. The van der Waals surface area contributed by atoms with Crippen LogP contribution in [0.3, 0.4) is 0 Å². The lowest BCUT2D eigenvalue weighted by Crippen LogP contribution is -2.34. The Kier molecular flexibility index (Phi) is 3.82. The number of aliphatic hydroxyl groups excluding tert-OH is 1. The summed E-state index contributed by atoms with van der Waals surface area (Å²) in [6.07, 6.45) is 0.00298. The number of aryl methyl sites for hydroxylation is 1. The standard InChI is InChI=1S/C11H15BrO3S/c1-8-5-4-6-9(7-8)10(13)11(2,12)16(3,14)15/h4-7,10,13H,1-3H3/t10-,11-/m1/s1. The molecule has 0 bridgehead atoms. The molecule has 0 heterocycles. The molecule has 16 heavy (non-hydrogen) atoms. The van der Waals surface area contributed by atoms with E-state index in [0.29, 0.717) is 5.56 Å². The molecule has 1 N–H and O–H groups in total. The third-order valence-electron chi connectivity index (χ3n) is 2.57. The van der Waals surface area contributed by atoms with E-state index in [0.717, 1.165) is 11.8 Å². The highest BCUT2D eigenvalue weighted by molar-refractivity contribution is 9.11. The Hall–Kier alpha value is -0.390. The molecule has 0 saturated carbocycles. The normalized spacial score (nSPS) is 17.8. The van der Waals surface area contributed by atoms with E-state index >= 15 is 0 Å². The predicted octanol–water partition coefficient (Wildman–Crippen LogP) is 2.18. The molecule has 0 saturated heterocycles. The smallest absolute Gasteiger partial charge is 0.165 e. The largest absolute Gasteiger partial charge is 0.386 e. The van der Waals surface area contributed by atoms with Gasteiger partial charge in [0.2, 0.25) is 0 Å². The molecule has 1 aromatic rings. The van der Waals surface area contributed by atoms with Crippen LogP contribution >= 0.6 is 15.9 Å². The van der Waals surface area contributed by atoms with E-state index in [1.807, 2.05) is 13.0 Å². The SMILES string of the molecule is Cc1cccc([C@@H](O)[C@](C)(Br)S(C)(=O)=O)c1. The summed E-state index contributed by atoms with van der Waals surface area (Å²) in [5.41, 5.74) is 1.57. The lowest BCUT2D eigenvalue weighted by Gasteiger charge is -2.27. The van der Waals surface area contributed by atoms with Gasteiger partial charge in [0.15, 0.2) is 13.5 Å². The van der Waals surface area contributed by atoms with Crippen LogP contribution in [0.1, 0.15) is 24.2 Å². The highest BCUT2D eigenvalue weighted by Crippen LogP contribution is 2.37. The highest BCUT2D eigenvalue weighted by atomic mass is 79.9. The van der Waals surface area contributed by atoms with E-state index < -0.39 is 19.6 Å². The second-order valence-corrected chi connectivity index (χ2v) is 8.64. The van der Waals surface area contributed by atoms with E-state index in [4.69, 9.17) is 0 Å². The van der Waals surface area contributed by atoms with Crippen molar-refractivity contribution < 1.29 is 13.5 Å². The van der Waals surface area contributed by atoms with E-state index in [2.05, 4.69) is 15.9 Å². The van der Waals surface area contributed by atoms with Gasteiger partial charge >= 0.3 is 0 Å². The minimum atomic E-state index is -3.40. The van der Waals surface area contributed by atoms with Gasteiger partial charge in [-0.05, 0) is 19.4 Å². The third-order valence-corrected chi connectivity index (χ3v) is 6.44. The van der Waals surface area contributed by atoms with Crippen LogP contribution in [-0.2, 0) is 9.84 Å². The summed E-state index contributed by atoms with van der Waals surface area (Å²) < 4.78 is 21.7. The van der Waals surface area contributed by atoms with Gasteiger partial charge in [0, 0.05) is 6.26 Å². The van der Waals surface area contributed by atoms with Crippen molar-refractivity contribution in [2.24, 2.45) is 0 Å². The predicted molar refractivity (Wildman–Crippen MR) is 68.3 cm³/mol. The third kappa shape index (κ3) is 2.64. The molecule has 1 rings (SSSR count). The fraction of sp³-hybridized carbons (Fsp3) is 0.455. The number of hydrogen-bond donors (Lipinski definition) is 1. The molecule has 0 fully saturated rings. The molecule has 90 valence electrons. The molecule has 1 aromatic carbocycles. The first-order valence-electron chi connectivity index (χ1n) is 4.79. The highest BCUT2D eigenvalue weighted by Gasteiger charge is 2.41. The maximum atomic E-state index is 11.5. The van der Waals surface area contributed by atoms with Gasteiger partial charge in [0.1, 0.15) is 6.10 Å². The molecule has 2 atom stereocenters. The quantitative estimate of drug-likeness (QED) is 0.871. The Balaban J connectivity index is 3.17. The number of aliphatic hydroxyl groups is 1. The number of rotatable bonds is 3. The topological polar surface area (TPSA) is 54.4 Å². The molecular formula is C11H15BrO3S. The number of benzene rings is 1. The molecule has 0 aliphatic heterocycles. The number of sulfone groups is 1. The van der Waals surface area contributed by atoms with Gasteiger partial charge in [-0.1, -0.05) is 45.8 Å². The minimum absolute atomic E-state index is 0.588. The summed E-state index contributed by atoms with van der Waals surface area (Å²) in [7, 11) is -3.40. The Morgan fingerprint density at radius 3 is 2.44 bits per heavy atom. The van der Waals surface area contributed by atoms with Crippen molar-refractivity contribution in [2.75, 3.05) is 6.26 Å². The Labute approximate surface area is 105 Å². The molecule has 0 amide bonds. The second-order valence-electron chi connectivity index (χ2n) is 4.07. The van der Waals surface area contributed by atoms with E-state index in [-0.39, 0.29) is 0 Å². The van der Waals surface area contributed by atoms with Gasteiger partial charge in [0.25, 0.3) is 0 Å². The van der Waals surface area contributed by atoms with Gasteiger partial charge in [-0.2, -0.15) is 0 Å². The van der Waals surface area contributed by atoms with Crippen molar-refractivity contribution in [1.82, 2.24) is 0 Å². The first-order chi connectivity index (χ1) is 7.16.